The molecule has 0 saturated carbocycles. The van der Waals surface area contributed by atoms with Gasteiger partial charge in [0.2, 0.25) is 5.91 Å². The fourth-order valence-corrected chi connectivity index (χ4v) is 6.30. The van der Waals surface area contributed by atoms with E-state index < -0.39 is 0 Å². The normalized spacial score (nSPS) is 32.2. The summed E-state index contributed by atoms with van der Waals surface area (Å²) in [5, 5.41) is 3.61. The smallest absolute Gasteiger partial charge is 0.261 e. The first-order valence-electron chi connectivity index (χ1n) is 13.3. The van der Waals surface area contributed by atoms with Gasteiger partial charge in [-0.25, -0.2) is 0 Å². The summed E-state index contributed by atoms with van der Waals surface area (Å²) in [6, 6.07) is 0.0861. The molecule has 1 aliphatic carbocycles. The number of fused-ring (bicyclic) bond motifs is 1. The van der Waals surface area contributed by atoms with Crippen LogP contribution in [0.5, 0.6) is 0 Å². The van der Waals surface area contributed by atoms with Crippen LogP contribution in [0.15, 0.2) is 36.1 Å². The summed E-state index contributed by atoms with van der Waals surface area (Å²) >= 11 is 0. The maximum atomic E-state index is 13.5. The predicted octanol–water partition coefficient (Wildman–Crippen LogP) is 1.60. The van der Waals surface area contributed by atoms with Crippen LogP contribution in [0.2, 0.25) is 0 Å². The average Bonchev–Trinajstić information content (AvgIpc) is 3.27. The van der Waals surface area contributed by atoms with Crippen LogP contribution in [-0.4, -0.2) is 120 Å². The van der Waals surface area contributed by atoms with E-state index >= 15 is 0 Å². The molecule has 0 aromatic carbocycles. The fourth-order valence-electron chi connectivity index (χ4n) is 6.30. The van der Waals surface area contributed by atoms with Crippen molar-refractivity contribution in [2.24, 2.45) is 11.3 Å². The van der Waals surface area contributed by atoms with Gasteiger partial charge in [-0.05, 0) is 43.9 Å². The van der Waals surface area contributed by atoms with Crippen molar-refractivity contribution in [3.05, 3.63) is 36.1 Å². The van der Waals surface area contributed by atoms with Crippen molar-refractivity contribution >= 4 is 11.8 Å². The molecule has 0 bridgehead atoms. The number of piperidine rings is 1. The monoisotopic (exact) mass is 482 g/mol. The first kappa shape index (κ1) is 24.5. The van der Waals surface area contributed by atoms with Crippen LogP contribution in [0, 0.1) is 11.3 Å². The van der Waals surface area contributed by atoms with Gasteiger partial charge in [-0.2, -0.15) is 5.01 Å². The number of nitrogens with zero attached hydrogens (tertiary/aromatic N) is 6. The van der Waals surface area contributed by atoms with E-state index in [1.54, 1.807) is 11.1 Å². The molecule has 0 N–H and O–H groups in total. The van der Waals surface area contributed by atoms with Crippen molar-refractivity contribution < 1.29 is 9.59 Å². The lowest BCUT2D eigenvalue weighted by Gasteiger charge is -2.47. The molecule has 3 fully saturated rings. The molecule has 0 spiro atoms. The first-order valence-corrected chi connectivity index (χ1v) is 13.3. The highest BCUT2D eigenvalue weighted by Gasteiger charge is 2.42. The molecule has 0 aromatic rings. The first-order chi connectivity index (χ1) is 16.7. The number of likely N-dealkylation sites (N-methyl/N-ethyl adjacent to an activating group) is 2. The second-order valence-electron chi connectivity index (χ2n) is 11.7. The number of carbonyl (C=O) groups is 2. The largest absolute Gasteiger partial charge is 0.372 e. The minimum atomic E-state index is -0.109. The summed E-state index contributed by atoms with van der Waals surface area (Å²) in [5.41, 5.74) is 1.75. The van der Waals surface area contributed by atoms with Gasteiger partial charge in [0, 0.05) is 70.6 Å². The molecule has 8 heteroatoms. The van der Waals surface area contributed by atoms with Crippen molar-refractivity contribution in [1.29, 1.82) is 0 Å². The quantitative estimate of drug-likeness (QED) is 0.607. The van der Waals surface area contributed by atoms with Crippen molar-refractivity contribution in [1.82, 2.24) is 29.6 Å². The van der Waals surface area contributed by atoms with E-state index in [9.17, 15) is 9.59 Å². The second kappa shape index (κ2) is 9.71. The SMILES string of the molecule is CN1CCN(C2=CC=CC3C2CCN3C(=O)CN2C(=O)C=CC(N3CCC(C)(C)CC3)N2C)CC1. The molecule has 4 heterocycles. The second-order valence-corrected chi connectivity index (χ2v) is 11.7. The maximum Gasteiger partial charge on any atom is 0.261 e. The van der Waals surface area contributed by atoms with E-state index in [-0.39, 0.29) is 30.6 Å². The number of hydrogen-bond donors (Lipinski definition) is 0. The standard InChI is InChI=1S/C27H42N6O2/c1-27(2)11-14-31(15-12-27)24-8-9-25(34)33(29(24)4)20-26(35)32-13-10-21-22(6-5-7-23(21)32)30-18-16-28(3)17-19-30/h5-9,21,23-24H,10-20H2,1-4H3. The van der Waals surface area contributed by atoms with Gasteiger partial charge < -0.3 is 14.7 Å². The number of hydrogen-bond acceptors (Lipinski definition) is 6. The van der Waals surface area contributed by atoms with Gasteiger partial charge in [-0.15, -0.1) is 0 Å². The molecule has 8 nitrogen and oxygen atoms in total. The lowest BCUT2D eigenvalue weighted by atomic mass is 9.82. The number of rotatable bonds is 4. The third kappa shape index (κ3) is 4.93. The van der Waals surface area contributed by atoms with E-state index in [0.29, 0.717) is 11.3 Å². The lowest BCUT2D eigenvalue weighted by Crippen LogP contribution is -2.60. The zero-order valence-corrected chi connectivity index (χ0v) is 21.9. The summed E-state index contributed by atoms with van der Waals surface area (Å²) in [5.74, 6) is 0.282. The molecule has 4 aliphatic heterocycles. The topological polar surface area (TPSA) is 53.6 Å². The Morgan fingerprint density at radius 3 is 2.43 bits per heavy atom. The number of piperazine rings is 1. The molecule has 35 heavy (non-hydrogen) atoms. The number of allylic oxidation sites excluding steroid dienone is 2. The Hall–Kier alpha value is -2.16. The molecule has 3 saturated heterocycles. The van der Waals surface area contributed by atoms with E-state index in [1.165, 1.54) is 5.70 Å². The molecule has 3 unspecified atom stereocenters. The number of hydrazine groups is 1. The number of carbonyl (C=O) groups excluding carboxylic acids is 2. The molecule has 192 valence electrons. The van der Waals surface area contributed by atoms with Crippen molar-refractivity contribution in [2.45, 2.75) is 45.3 Å². The van der Waals surface area contributed by atoms with Crippen molar-refractivity contribution in [3.63, 3.8) is 0 Å². The van der Waals surface area contributed by atoms with Gasteiger partial charge in [-0.1, -0.05) is 26.0 Å². The van der Waals surface area contributed by atoms with Crippen LogP contribution in [0.25, 0.3) is 0 Å². The average molecular weight is 483 g/mol. The minimum Gasteiger partial charge on any atom is -0.372 e. The molecule has 3 atom stereocenters. The number of likely N-dealkylation sites (tertiary alicyclic amines) is 2. The summed E-state index contributed by atoms with van der Waals surface area (Å²) in [6.45, 7) is 11.7. The Bertz CT molecular complexity index is 909. The van der Waals surface area contributed by atoms with Crippen LogP contribution in [0.1, 0.15) is 33.1 Å². The highest BCUT2D eigenvalue weighted by atomic mass is 16.2. The lowest BCUT2D eigenvalue weighted by molar-refractivity contribution is -0.161. The van der Waals surface area contributed by atoms with Gasteiger partial charge >= 0.3 is 0 Å². The molecule has 2 amide bonds. The molecular formula is C27H42N6O2. The van der Waals surface area contributed by atoms with Gasteiger partial charge in [0.15, 0.2) is 0 Å². The van der Waals surface area contributed by atoms with E-state index in [1.807, 2.05) is 23.0 Å². The Labute approximate surface area is 210 Å². The molecule has 5 aliphatic rings. The number of amides is 2. The van der Waals surface area contributed by atoms with E-state index in [2.05, 4.69) is 53.8 Å². The molecule has 0 aromatic heterocycles. The Morgan fingerprint density at radius 1 is 1.00 bits per heavy atom. The Morgan fingerprint density at radius 2 is 1.71 bits per heavy atom. The van der Waals surface area contributed by atoms with Gasteiger partial charge in [0.25, 0.3) is 5.91 Å². The highest BCUT2D eigenvalue weighted by molar-refractivity contribution is 5.91. The zero-order valence-electron chi connectivity index (χ0n) is 21.9. The molecule has 5 rings (SSSR count). The maximum absolute atomic E-state index is 13.5. The van der Waals surface area contributed by atoms with Crippen LogP contribution >= 0.6 is 0 Å². The summed E-state index contributed by atoms with van der Waals surface area (Å²) < 4.78 is 0. The summed E-state index contributed by atoms with van der Waals surface area (Å²) in [7, 11) is 4.12. The zero-order chi connectivity index (χ0) is 24.7. The van der Waals surface area contributed by atoms with Crippen LogP contribution in [0.4, 0.5) is 0 Å². The van der Waals surface area contributed by atoms with E-state index in [0.717, 1.165) is 65.1 Å². The summed E-state index contributed by atoms with van der Waals surface area (Å²) in [6.07, 6.45) is 13.5. The summed E-state index contributed by atoms with van der Waals surface area (Å²) in [4.78, 5) is 35.7. The molecular weight excluding hydrogens is 440 g/mol. The minimum absolute atomic E-state index is 0.0178. The van der Waals surface area contributed by atoms with Crippen molar-refractivity contribution in [2.75, 3.05) is 66.5 Å². The Balaban J connectivity index is 1.23. The predicted molar refractivity (Wildman–Crippen MR) is 137 cm³/mol. The van der Waals surface area contributed by atoms with Crippen LogP contribution in [0.3, 0.4) is 0 Å². The van der Waals surface area contributed by atoms with Gasteiger partial charge in [0.05, 0.1) is 12.2 Å². The van der Waals surface area contributed by atoms with Gasteiger partial charge in [0.1, 0.15) is 6.54 Å². The highest BCUT2D eigenvalue weighted by Crippen LogP contribution is 2.36. The third-order valence-corrected chi connectivity index (χ3v) is 8.84. The van der Waals surface area contributed by atoms with Crippen LogP contribution in [-0.2, 0) is 9.59 Å². The Kier molecular flexibility index (Phi) is 6.81. The van der Waals surface area contributed by atoms with Gasteiger partial charge in [-0.3, -0.25) is 19.5 Å². The molecule has 0 radical (unpaired) electrons. The fraction of sp³-hybridized carbons (Fsp3) is 0.704. The van der Waals surface area contributed by atoms with E-state index in [4.69, 9.17) is 0 Å². The third-order valence-electron chi connectivity index (χ3n) is 8.84. The van der Waals surface area contributed by atoms with Crippen LogP contribution < -0.4 is 0 Å². The van der Waals surface area contributed by atoms with Crippen molar-refractivity contribution in [3.8, 4) is 0 Å².